The van der Waals surface area contributed by atoms with Gasteiger partial charge in [0.25, 0.3) is 0 Å². The first-order valence-corrected chi connectivity index (χ1v) is 7.09. The lowest BCUT2D eigenvalue weighted by atomic mass is 10.1. The molecule has 2 N–H and O–H groups in total. The molecule has 0 spiro atoms. The average Bonchev–Trinajstić information content (AvgIpc) is 2.33. The van der Waals surface area contributed by atoms with Crippen LogP contribution in [0.15, 0.2) is 18.2 Å². The summed E-state index contributed by atoms with van der Waals surface area (Å²) >= 11 is 11.8. The highest BCUT2D eigenvalue weighted by Gasteiger charge is 2.10. The largest absolute Gasteiger partial charge is 0.341 e. The number of nitrogens with two attached hydrogens (primary N) is 1. The Labute approximate surface area is 124 Å². The third-order valence-electron chi connectivity index (χ3n) is 2.88. The minimum absolute atomic E-state index is 0.117. The molecule has 0 saturated carbocycles. The standard InChI is InChI=1S/C14H20Cl2N2O/c1-10(17)4-3-5-14(19)18(2)9-11-6-7-12(15)13(16)8-11/h6-8,10H,3-5,9,17H2,1-2H3. The van der Waals surface area contributed by atoms with E-state index in [9.17, 15) is 4.79 Å². The van der Waals surface area contributed by atoms with Crippen molar-refractivity contribution in [3.63, 3.8) is 0 Å². The predicted octanol–water partition coefficient (Wildman–Crippen LogP) is 3.47. The Balaban J connectivity index is 2.47. The minimum atomic E-state index is 0.117. The number of hydrogen-bond donors (Lipinski definition) is 1. The number of carbonyl (C=O) groups is 1. The molecule has 0 radical (unpaired) electrons. The molecule has 0 fully saturated rings. The van der Waals surface area contributed by atoms with Crippen molar-refractivity contribution in [3.05, 3.63) is 33.8 Å². The molecule has 3 nitrogen and oxygen atoms in total. The summed E-state index contributed by atoms with van der Waals surface area (Å²) in [6, 6.07) is 5.55. The smallest absolute Gasteiger partial charge is 0.222 e. The molecule has 1 atom stereocenters. The molecule has 19 heavy (non-hydrogen) atoms. The normalized spacial score (nSPS) is 12.3. The second-order valence-electron chi connectivity index (χ2n) is 4.87. The minimum Gasteiger partial charge on any atom is -0.341 e. The lowest BCUT2D eigenvalue weighted by Gasteiger charge is -2.18. The zero-order valence-electron chi connectivity index (χ0n) is 11.3. The van der Waals surface area contributed by atoms with Crippen molar-refractivity contribution in [2.24, 2.45) is 5.73 Å². The van der Waals surface area contributed by atoms with Crippen molar-refractivity contribution in [2.45, 2.75) is 38.8 Å². The molecule has 106 valence electrons. The summed E-state index contributed by atoms with van der Waals surface area (Å²) in [4.78, 5) is 13.6. The maximum atomic E-state index is 11.9. The number of rotatable bonds is 6. The van der Waals surface area contributed by atoms with Crippen LogP contribution >= 0.6 is 23.2 Å². The molecule has 1 aromatic carbocycles. The second-order valence-corrected chi connectivity index (χ2v) is 5.68. The summed E-state index contributed by atoms with van der Waals surface area (Å²) in [5.74, 6) is 0.117. The van der Waals surface area contributed by atoms with E-state index < -0.39 is 0 Å². The van der Waals surface area contributed by atoms with E-state index in [1.165, 1.54) is 0 Å². The molecule has 0 aromatic heterocycles. The first-order chi connectivity index (χ1) is 8.90. The molecular formula is C14H20Cl2N2O. The first-order valence-electron chi connectivity index (χ1n) is 6.33. The molecule has 0 heterocycles. The Kier molecular flexibility index (Phi) is 6.63. The molecule has 0 aliphatic carbocycles. The van der Waals surface area contributed by atoms with E-state index in [2.05, 4.69) is 0 Å². The van der Waals surface area contributed by atoms with E-state index in [0.29, 0.717) is 23.0 Å². The van der Waals surface area contributed by atoms with Gasteiger partial charge in [-0.3, -0.25) is 4.79 Å². The number of benzene rings is 1. The zero-order chi connectivity index (χ0) is 14.4. The summed E-state index contributed by atoms with van der Waals surface area (Å²) < 4.78 is 0. The van der Waals surface area contributed by atoms with Crippen LogP contribution in [0.4, 0.5) is 0 Å². The highest BCUT2D eigenvalue weighted by Crippen LogP contribution is 2.23. The van der Waals surface area contributed by atoms with Crippen LogP contribution in [0.1, 0.15) is 31.7 Å². The Bertz CT molecular complexity index is 435. The van der Waals surface area contributed by atoms with Crippen molar-refractivity contribution in [3.8, 4) is 0 Å². The van der Waals surface area contributed by atoms with E-state index in [1.54, 1.807) is 24.1 Å². The highest BCUT2D eigenvalue weighted by molar-refractivity contribution is 6.42. The SMILES string of the molecule is CC(N)CCCC(=O)N(C)Cc1ccc(Cl)c(Cl)c1. The fourth-order valence-corrected chi connectivity index (χ4v) is 2.09. The molecule has 0 aliphatic heterocycles. The van der Waals surface area contributed by atoms with Crippen LogP contribution in [-0.4, -0.2) is 23.9 Å². The number of nitrogens with zero attached hydrogens (tertiary/aromatic N) is 1. The summed E-state index contributed by atoms with van der Waals surface area (Å²) in [5.41, 5.74) is 6.63. The van der Waals surface area contributed by atoms with Gasteiger partial charge in [-0.15, -0.1) is 0 Å². The molecule has 1 unspecified atom stereocenters. The van der Waals surface area contributed by atoms with E-state index in [-0.39, 0.29) is 11.9 Å². The van der Waals surface area contributed by atoms with Crippen LogP contribution in [0.2, 0.25) is 10.0 Å². The number of hydrogen-bond acceptors (Lipinski definition) is 2. The van der Waals surface area contributed by atoms with E-state index >= 15 is 0 Å². The fraction of sp³-hybridized carbons (Fsp3) is 0.500. The molecule has 0 bridgehead atoms. The lowest BCUT2D eigenvalue weighted by molar-refractivity contribution is -0.130. The van der Waals surface area contributed by atoms with Gasteiger partial charge < -0.3 is 10.6 Å². The fourth-order valence-electron chi connectivity index (χ4n) is 1.77. The summed E-state index contributed by atoms with van der Waals surface area (Å²) in [6.45, 7) is 2.48. The van der Waals surface area contributed by atoms with Gasteiger partial charge in [-0.05, 0) is 37.5 Å². The maximum Gasteiger partial charge on any atom is 0.222 e. The first kappa shape index (κ1) is 16.3. The second kappa shape index (κ2) is 7.73. The van der Waals surface area contributed by atoms with E-state index in [0.717, 1.165) is 18.4 Å². The molecular weight excluding hydrogens is 283 g/mol. The van der Waals surface area contributed by atoms with Gasteiger partial charge in [0.1, 0.15) is 0 Å². The molecule has 1 rings (SSSR count). The van der Waals surface area contributed by atoms with Crippen molar-refractivity contribution < 1.29 is 4.79 Å². The van der Waals surface area contributed by atoms with Crippen LogP contribution in [0.3, 0.4) is 0 Å². The van der Waals surface area contributed by atoms with Crippen molar-refractivity contribution in [1.82, 2.24) is 4.90 Å². The van der Waals surface area contributed by atoms with Crippen molar-refractivity contribution in [1.29, 1.82) is 0 Å². The van der Waals surface area contributed by atoms with Crippen LogP contribution in [0, 0.1) is 0 Å². The third kappa shape index (κ3) is 5.81. The van der Waals surface area contributed by atoms with Gasteiger partial charge in [0.2, 0.25) is 5.91 Å². The lowest BCUT2D eigenvalue weighted by Crippen LogP contribution is -2.26. The quantitative estimate of drug-likeness (QED) is 0.874. The Morgan fingerprint density at radius 1 is 1.37 bits per heavy atom. The van der Waals surface area contributed by atoms with E-state index in [4.69, 9.17) is 28.9 Å². The van der Waals surface area contributed by atoms with Gasteiger partial charge in [0.15, 0.2) is 0 Å². The number of carbonyl (C=O) groups excluding carboxylic acids is 1. The van der Waals surface area contributed by atoms with Crippen molar-refractivity contribution in [2.75, 3.05) is 7.05 Å². The highest BCUT2D eigenvalue weighted by atomic mass is 35.5. The average molecular weight is 303 g/mol. The molecule has 1 amide bonds. The molecule has 0 aliphatic rings. The third-order valence-corrected chi connectivity index (χ3v) is 3.62. The van der Waals surface area contributed by atoms with Crippen LogP contribution in [-0.2, 0) is 11.3 Å². The van der Waals surface area contributed by atoms with Crippen LogP contribution in [0.5, 0.6) is 0 Å². The maximum absolute atomic E-state index is 11.9. The number of halogens is 2. The van der Waals surface area contributed by atoms with Gasteiger partial charge in [-0.25, -0.2) is 0 Å². The molecule has 1 aromatic rings. The van der Waals surface area contributed by atoms with Gasteiger partial charge in [-0.1, -0.05) is 29.3 Å². The van der Waals surface area contributed by atoms with Gasteiger partial charge in [0, 0.05) is 26.1 Å². The molecule has 5 heteroatoms. The summed E-state index contributed by atoms with van der Waals surface area (Å²) in [7, 11) is 1.79. The Hall–Kier alpha value is -0.770. The van der Waals surface area contributed by atoms with Gasteiger partial charge >= 0.3 is 0 Å². The number of amides is 1. The summed E-state index contributed by atoms with van der Waals surface area (Å²) in [6.07, 6.45) is 2.22. The Morgan fingerprint density at radius 2 is 2.05 bits per heavy atom. The monoisotopic (exact) mass is 302 g/mol. The predicted molar refractivity (Wildman–Crippen MR) is 80.4 cm³/mol. The zero-order valence-corrected chi connectivity index (χ0v) is 12.8. The van der Waals surface area contributed by atoms with Gasteiger partial charge in [-0.2, -0.15) is 0 Å². The van der Waals surface area contributed by atoms with Crippen LogP contribution in [0.25, 0.3) is 0 Å². The molecule has 0 saturated heterocycles. The summed E-state index contributed by atoms with van der Waals surface area (Å²) in [5, 5.41) is 1.04. The van der Waals surface area contributed by atoms with Crippen LogP contribution < -0.4 is 5.73 Å². The van der Waals surface area contributed by atoms with Crippen molar-refractivity contribution >= 4 is 29.1 Å². The van der Waals surface area contributed by atoms with Gasteiger partial charge in [0.05, 0.1) is 10.0 Å². The Morgan fingerprint density at radius 3 is 2.63 bits per heavy atom. The topological polar surface area (TPSA) is 46.3 Å². The van der Waals surface area contributed by atoms with E-state index in [1.807, 2.05) is 13.0 Å².